The predicted octanol–water partition coefficient (Wildman–Crippen LogP) is 3.17. The molecule has 0 aliphatic heterocycles. The largest absolute Gasteiger partial charge is 0.497 e. The topological polar surface area (TPSA) is 59.6 Å². The van der Waals surface area contributed by atoms with Crippen molar-refractivity contribution in [2.24, 2.45) is 0 Å². The molecule has 0 unspecified atom stereocenters. The lowest BCUT2D eigenvalue weighted by molar-refractivity contribution is 0.247. The molecule has 122 valence electrons. The quantitative estimate of drug-likeness (QED) is 0.803. The van der Waals surface area contributed by atoms with E-state index in [1.807, 2.05) is 0 Å². The minimum Gasteiger partial charge on any atom is -0.497 e. The zero-order valence-electron chi connectivity index (χ0n) is 12.4. The second kappa shape index (κ2) is 7.98. The number of rotatable bonds is 6. The molecular weight excluding hydrogens is 306 g/mol. The van der Waals surface area contributed by atoms with Crippen LogP contribution in [0.1, 0.15) is 0 Å². The molecule has 0 aromatic heterocycles. The lowest BCUT2D eigenvalue weighted by Gasteiger charge is -2.10. The van der Waals surface area contributed by atoms with E-state index in [1.165, 1.54) is 6.07 Å². The van der Waals surface area contributed by atoms with E-state index in [2.05, 4.69) is 10.6 Å². The van der Waals surface area contributed by atoms with Crippen molar-refractivity contribution in [3.8, 4) is 11.5 Å². The summed E-state index contributed by atoms with van der Waals surface area (Å²) in [4.78, 5) is 11.6. The number of carbonyl (C=O) groups excluding carboxylic acids is 1. The zero-order chi connectivity index (χ0) is 16.7. The standard InChI is InChI=1S/C16H16F2N2O3/c1-22-11-5-7-12(8-6-11)23-10-9-19-16(21)20-15-13(17)3-2-4-14(15)18/h2-8H,9-10H2,1H3,(H2,19,20,21). The van der Waals surface area contributed by atoms with Crippen LogP contribution in [0.5, 0.6) is 11.5 Å². The van der Waals surface area contributed by atoms with Crippen LogP contribution in [0.3, 0.4) is 0 Å². The summed E-state index contributed by atoms with van der Waals surface area (Å²) in [5.74, 6) is -0.348. The molecule has 2 rings (SSSR count). The summed E-state index contributed by atoms with van der Waals surface area (Å²) in [6.07, 6.45) is 0. The van der Waals surface area contributed by atoms with Crippen LogP contribution >= 0.6 is 0 Å². The van der Waals surface area contributed by atoms with Crippen molar-refractivity contribution in [1.29, 1.82) is 0 Å². The molecule has 0 fully saturated rings. The number of urea groups is 1. The van der Waals surface area contributed by atoms with Gasteiger partial charge in [-0.3, -0.25) is 0 Å². The predicted molar refractivity (Wildman–Crippen MR) is 81.9 cm³/mol. The molecule has 2 aromatic rings. The summed E-state index contributed by atoms with van der Waals surface area (Å²) in [6, 6.07) is 9.58. The van der Waals surface area contributed by atoms with E-state index < -0.39 is 23.4 Å². The second-order valence-electron chi connectivity index (χ2n) is 4.50. The molecule has 0 spiro atoms. The smallest absolute Gasteiger partial charge is 0.319 e. The molecule has 7 heteroatoms. The first kappa shape index (κ1) is 16.5. The first-order valence-corrected chi connectivity index (χ1v) is 6.86. The Labute approximate surface area is 132 Å². The first-order valence-electron chi connectivity index (χ1n) is 6.86. The molecule has 0 aliphatic carbocycles. The summed E-state index contributed by atoms with van der Waals surface area (Å²) >= 11 is 0. The van der Waals surface area contributed by atoms with Gasteiger partial charge in [0.15, 0.2) is 0 Å². The Balaban J connectivity index is 1.74. The van der Waals surface area contributed by atoms with E-state index in [1.54, 1.807) is 31.4 Å². The number of halogens is 2. The molecule has 0 bridgehead atoms. The fourth-order valence-electron chi connectivity index (χ4n) is 1.78. The Morgan fingerprint density at radius 3 is 2.26 bits per heavy atom. The summed E-state index contributed by atoms with van der Waals surface area (Å²) in [5.41, 5.74) is -0.485. The Morgan fingerprint density at radius 1 is 1.04 bits per heavy atom. The number of benzene rings is 2. The summed E-state index contributed by atoms with van der Waals surface area (Å²) in [5, 5.41) is 4.57. The van der Waals surface area contributed by atoms with Crippen molar-refractivity contribution >= 4 is 11.7 Å². The third-order valence-corrected chi connectivity index (χ3v) is 2.92. The minimum atomic E-state index is -0.838. The lowest BCUT2D eigenvalue weighted by atomic mass is 10.3. The fraction of sp³-hybridized carbons (Fsp3) is 0.188. The van der Waals surface area contributed by atoms with E-state index >= 15 is 0 Å². The van der Waals surface area contributed by atoms with Gasteiger partial charge < -0.3 is 20.1 Å². The van der Waals surface area contributed by atoms with Gasteiger partial charge in [-0.05, 0) is 36.4 Å². The molecule has 23 heavy (non-hydrogen) atoms. The van der Waals surface area contributed by atoms with Gasteiger partial charge >= 0.3 is 6.03 Å². The van der Waals surface area contributed by atoms with Crippen LogP contribution in [0.2, 0.25) is 0 Å². The molecule has 2 N–H and O–H groups in total. The average molecular weight is 322 g/mol. The number of anilines is 1. The molecule has 5 nitrogen and oxygen atoms in total. The van der Waals surface area contributed by atoms with Crippen LogP contribution in [0.25, 0.3) is 0 Å². The minimum absolute atomic E-state index is 0.175. The first-order chi connectivity index (χ1) is 11.1. The third-order valence-electron chi connectivity index (χ3n) is 2.92. The maximum Gasteiger partial charge on any atom is 0.319 e. The molecule has 0 aliphatic rings. The number of hydrogen-bond donors (Lipinski definition) is 2. The van der Waals surface area contributed by atoms with Crippen LogP contribution < -0.4 is 20.1 Å². The van der Waals surface area contributed by atoms with Gasteiger partial charge in [0.25, 0.3) is 0 Å². The normalized spacial score (nSPS) is 10.0. The summed E-state index contributed by atoms with van der Waals surface area (Å²) < 4.78 is 37.2. The Hall–Kier alpha value is -2.83. The number of para-hydroxylation sites is 1. The summed E-state index contributed by atoms with van der Waals surface area (Å²) in [7, 11) is 1.57. The van der Waals surface area contributed by atoms with Crippen molar-refractivity contribution in [3.05, 3.63) is 54.1 Å². The van der Waals surface area contributed by atoms with Gasteiger partial charge in [0.1, 0.15) is 35.4 Å². The van der Waals surface area contributed by atoms with E-state index in [4.69, 9.17) is 9.47 Å². The summed E-state index contributed by atoms with van der Waals surface area (Å²) in [6.45, 7) is 0.382. The zero-order valence-corrected chi connectivity index (χ0v) is 12.4. The maximum atomic E-state index is 13.4. The van der Waals surface area contributed by atoms with E-state index in [-0.39, 0.29) is 13.2 Å². The molecule has 0 atom stereocenters. The monoisotopic (exact) mass is 322 g/mol. The molecule has 0 saturated carbocycles. The van der Waals surface area contributed by atoms with Crippen molar-refractivity contribution < 1.29 is 23.0 Å². The highest BCUT2D eigenvalue weighted by molar-refractivity contribution is 5.89. The second-order valence-corrected chi connectivity index (χ2v) is 4.50. The van der Waals surface area contributed by atoms with Gasteiger partial charge in [0, 0.05) is 0 Å². The van der Waals surface area contributed by atoms with Crippen LogP contribution in [-0.2, 0) is 0 Å². The maximum absolute atomic E-state index is 13.4. The van der Waals surface area contributed by atoms with E-state index in [0.29, 0.717) is 11.5 Å². The SMILES string of the molecule is COc1ccc(OCCNC(=O)Nc2c(F)cccc2F)cc1. The third kappa shape index (κ3) is 4.84. The number of amides is 2. The van der Waals surface area contributed by atoms with Crippen LogP contribution in [-0.4, -0.2) is 26.3 Å². The number of methoxy groups -OCH3 is 1. The van der Waals surface area contributed by atoms with Gasteiger partial charge in [-0.25, -0.2) is 13.6 Å². The van der Waals surface area contributed by atoms with Crippen molar-refractivity contribution in [2.75, 3.05) is 25.6 Å². The van der Waals surface area contributed by atoms with Gasteiger partial charge in [0.05, 0.1) is 13.7 Å². The molecular formula is C16H16F2N2O3. The number of ether oxygens (including phenoxy) is 2. The Kier molecular flexibility index (Phi) is 5.74. The van der Waals surface area contributed by atoms with E-state index in [9.17, 15) is 13.6 Å². The van der Waals surface area contributed by atoms with Crippen LogP contribution in [0.15, 0.2) is 42.5 Å². The van der Waals surface area contributed by atoms with Crippen LogP contribution in [0, 0.1) is 11.6 Å². The highest BCUT2D eigenvalue weighted by Crippen LogP contribution is 2.18. The highest BCUT2D eigenvalue weighted by atomic mass is 19.1. The van der Waals surface area contributed by atoms with Gasteiger partial charge in [0.2, 0.25) is 0 Å². The van der Waals surface area contributed by atoms with Gasteiger partial charge in [-0.15, -0.1) is 0 Å². The van der Waals surface area contributed by atoms with Crippen molar-refractivity contribution in [3.63, 3.8) is 0 Å². The fourth-order valence-corrected chi connectivity index (χ4v) is 1.78. The Bertz CT molecular complexity index is 643. The molecule has 0 radical (unpaired) electrons. The molecule has 2 amide bonds. The average Bonchev–Trinajstić information content (AvgIpc) is 2.56. The van der Waals surface area contributed by atoms with Gasteiger partial charge in [-0.2, -0.15) is 0 Å². The molecule has 2 aromatic carbocycles. The van der Waals surface area contributed by atoms with Crippen LogP contribution in [0.4, 0.5) is 19.3 Å². The lowest BCUT2D eigenvalue weighted by Crippen LogP contribution is -2.32. The van der Waals surface area contributed by atoms with Crippen molar-refractivity contribution in [1.82, 2.24) is 5.32 Å². The Morgan fingerprint density at radius 2 is 1.65 bits per heavy atom. The molecule has 0 heterocycles. The van der Waals surface area contributed by atoms with E-state index in [0.717, 1.165) is 12.1 Å². The number of hydrogen-bond acceptors (Lipinski definition) is 3. The van der Waals surface area contributed by atoms with Crippen molar-refractivity contribution in [2.45, 2.75) is 0 Å². The number of carbonyl (C=O) groups is 1. The molecule has 0 saturated heterocycles. The van der Waals surface area contributed by atoms with Gasteiger partial charge in [-0.1, -0.05) is 6.07 Å². The highest BCUT2D eigenvalue weighted by Gasteiger charge is 2.11. The number of nitrogens with one attached hydrogen (secondary N) is 2.